The summed E-state index contributed by atoms with van der Waals surface area (Å²) in [5, 5.41) is 0. The summed E-state index contributed by atoms with van der Waals surface area (Å²) in [6.45, 7) is 16.4. The Hall–Kier alpha value is -0.790. The molecule has 0 saturated carbocycles. The van der Waals surface area contributed by atoms with E-state index in [1.807, 2.05) is 6.92 Å². The van der Waals surface area contributed by atoms with Crippen LogP contribution in [-0.4, -0.2) is 11.6 Å². The molecule has 0 aromatic rings. The molecule has 0 aliphatic heterocycles. The quantitative estimate of drug-likeness (QED) is 0.488. The number of carbonyl (C=O) groups is 1. The van der Waals surface area contributed by atoms with Gasteiger partial charge < -0.3 is 4.74 Å². The molecule has 0 N–H and O–H groups in total. The average molecular weight is 240 g/mol. The van der Waals surface area contributed by atoms with Gasteiger partial charge in [0.1, 0.15) is 5.60 Å². The van der Waals surface area contributed by atoms with Crippen LogP contribution in [0.3, 0.4) is 0 Å². The van der Waals surface area contributed by atoms with Gasteiger partial charge in [-0.15, -0.1) is 0 Å². The summed E-state index contributed by atoms with van der Waals surface area (Å²) in [7, 11) is 0. The largest absolute Gasteiger partial charge is 0.456 e. The Bertz CT molecular complexity index is 268. The van der Waals surface area contributed by atoms with Crippen LogP contribution in [0.2, 0.25) is 0 Å². The Morgan fingerprint density at radius 1 is 1.35 bits per heavy atom. The van der Waals surface area contributed by atoms with Gasteiger partial charge >= 0.3 is 5.97 Å². The van der Waals surface area contributed by atoms with Crippen LogP contribution < -0.4 is 0 Å². The van der Waals surface area contributed by atoms with E-state index in [4.69, 9.17) is 4.74 Å². The van der Waals surface area contributed by atoms with Crippen molar-refractivity contribution in [3.05, 3.63) is 12.7 Å². The zero-order valence-corrected chi connectivity index (χ0v) is 12.3. The van der Waals surface area contributed by atoms with Gasteiger partial charge in [0.05, 0.1) is 0 Å². The summed E-state index contributed by atoms with van der Waals surface area (Å²) in [5.41, 5.74) is -0.473. The lowest BCUT2D eigenvalue weighted by atomic mass is 9.65. The first kappa shape index (κ1) is 16.2. The number of hydrogen-bond donors (Lipinski definition) is 0. The van der Waals surface area contributed by atoms with Crippen LogP contribution in [0.25, 0.3) is 0 Å². The minimum Gasteiger partial charge on any atom is -0.456 e. The zero-order chi connectivity index (χ0) is 13.7. The SMILES string of the molecule is C=CC(=O)OC(C)(CCC)C(C)(C)C(C)CC. The molecule has 0 radical (unpaired) electrons. The molecule has 17 heavy (non-hydrogen) atoms. The highest BCUT2D eigenvalue weighted by Crippen LogP contribution is 2.44. The van der Waals surface area contributed by atoms with E-state index in [2.05, 4.69) is 41.2 Å². The predicted molar refractivity (Wildman–Crippen MR) is 72.8 cm³/mol. The molecule has 0 bridgehead atoms. The second-order valence-electron chi connectivity index (χ2n) is 5.64. The Morgan fingerprint density at radius 2 is 1.88 bits per heavy atom. The van der Waals surface area contributed by atoms with Crippen molar-refractivity contribution in [3.8, 4) is 0 Å². The van der Waals surface area contributed by atoms with E-state index in [9.17, 15) is 4.79 Å². The second kappa shape index (κ2) is 6.23. The van der Waals surface area contributed by atoms with Gasteiger partial charge in [-0.05, 0) is 19.3 Å². The Balaban J connectivity index is 5.16. The minimum atomic E-state index is -0.428. The second-order valence-corrected chi connectivity index (χ2v) is 5.64. The monoisotopic (exact) mass is 240 g/mol. The highest BCUT2D eigenvalue weighted by Gasteiger charge is 2.46. The summed E-state index contributed by atoms with van der Waals surface area (Å²) in [5.74, 6) is 0.175. The third-order valence-electron chi connectivity index (χ3n) is 4.43. The maximum atomic E-state index is 11.5. The fourth-order valence-electron chi connectivity index (χ4n) is 2.28. The maximum absolute atomic E-state index is 11.5. The third kappa shape index (κ3) is 3.58. The molecule has 0 saturated heterocycles. The normalized spacial score (nSPS) is 17.1. The lowest BCUT2D eigenvalue weighted by molar-refractivity contribution is -0.172. The van der Waals surface area contributed by atoms with Crippen molar-refractivity contribution in [3.63, 3.8) is 0 Å². The topological polar surface area (TPSA) is 26.3 Å². The van der Waals surface area contributed by atoms with Crippen LogP contribution in [0, 0.1) is 11.3 Å². The molecule has 100 valence electrons. The molecular weight excluding hydrogens is 212 g/mol. The number of esters is 1. The van der Waals surface area contributed by atoms with Gasteiger partial charge in [0.2, 0.25) is 0 Å². The molecule has 2 atom stereocenters. The first-order valence-electron chi connectivity index (χ1n) is 6.60. The van der Waals surface area contributed by atoms with Gasteiger partial charge in [0.15, 0.2) is 0 Å². The van der Waals surface area contributed by atoms with Gasteiger partial charge in [0.25, 0.3) is 0 Å². The molecule has 2 heteroatoms. The van der Waals surface area contributed by atoms with Crippen molar-refractivity contribution in [2.45, 2.75) is 66.4 Å². The van der Waals surface area contributed by atoms with Crippen LogP contribution >= 0.6 is 0 Å². The van der Waals surface area contributed by atoms with Crippen molar-refractivity contribution in [1.82, 2.24) is 0 Å². The van der Waals surface area contributed by atoms with Crippen LogP contribution in [0.15, 0.2) is 12.7 Å². The van der Waals surface area contributed by atoms with Crippen LogP contribution in [0.1, 0.15) is 60.8 Å². The van der Waals surface area contributed by atoms with Crippen molar-refractivity contribution in [2.75, 3.05) is 0 Å². The molecule has 0 aromatic heterocycles. The predicted octanol–water partition coefficient (Wildman–Crippen LogP) is 4.35. The maximum Gasteiger partial charge on any atom is 0.330 e. The van der Waals surface area contributed by atoms with E-state index in [0.29, 0.717) is 5.92 Å². The van der Waals surface area contributed by atoms with E-state index in [1.165, 1.54) is 6.08 Å². The smallest absolute Gasteiger partial charge is 0.330 e. The van der Waals surface area contributed by atoms with E-state index in [-0.39, 0.29) is 11.4 Å². The molecule has 0 aliphatic rings. The molecule has 2 unspecified atom stereocenters. The van der Waals surface area contributed by atoms with Crippen LogP contribution in [0.4, 0.5) is 0 Å². The zero-order valence-electron chi connectivity index (χ0n) is 12.3. The molecule has 0 aliphatic carbocycles. The molecule has 0 spiro atoms. The Morgan fingerprint density at radius 3 is 2.24 bits per heavy atom. The van der Waals surface area contributed by atoms with Crippen molar-refractivity contribution >= 4 is 5.97 Å². The summed E-state index contributed by atoms with van der Waals surface area (Å²) in [6, 6.07) is 0. The standard InChI is InChI=1S/C15H28O2/c1-8-11-15(7,17-13(16)10-3)14(5,6)12(4)9-2/h10,12H,3,8-9,11H2,1-2,4-7H3. The van der Waals surface area contributed by atoms with Crippen molar-refractivity contribution in [2.24, 2.45) is 11.3 Å². The third-order valence-corrected chi connectivity index (χ3v) is 4.43. The number of rotatable bonds is 7. The van der Waals surface area contributed by atoms with Gasteiger partial charge in [-0.3, -0.25) is 0 Å². The highest BCUT2D eigenvalue weighted by atomic mass is 16.6. The summed E-state index contributed by atoms with van der Waals surface area (Å²) >= 11 is 0. The fraction of sp³-hybridized carbons (Fsp3) is 0.800. The molecule has 0 heterocycles. The first-order valence-corrected chi connectivity index (χ1v) is 6.60. The van der Waals surface area contributed by atoms with Gasteiger partial charge in [-0.2, -0.15) is 0 Å². The van der Waals surface area contributed by atoms with Crippen molar-refractivity contribution in [1.29, 1.82) is 0 Å². The number of ether oxygens (including phenoxy) is 1. The molecular formula is C15H28O2. The summed E-state index contributed by atoms with van der Waals surface area (Å²) in [6.07, 6.45) is 4.21. The minimum absolute atomic E-state index is 0.0452. The lowest BCUT2D eigenvalue weighted by Crippen LogP contribution is -2.49. The average Bonchev–Trinajstić information content (AvgIpc) is 2.27. The van der Waals surface area contributed by atoms with Crippen molar-refractivity contribution < 1.29 is 9.53 Å². The van der Waals surface area contributed by atoms with Crippen LogP contribution in [-0.2, 0) is 9.53 Å². The highest BCUT2D eigenvalue weighted by molar-refractivity contribution is 5.81. The van der Waals surface area contributed by atoms with E-state index in [1.54, 1.807) is 0 Å². The summed E-state index contributed by atoms with van der Waals surface area (Å²) in [4.78, 5) is 11.5. The molecule has 0 rings (SSSR count). The first-order chi connectivity index (χ1) is 7.75. The Labute approximate surface area is 106 Å². The Kier molecular flexibility index (Phi) is 5.94. The van der Waals surface area contributed by atoms with Gasteiger partial charge in [0, 0.05) is 11.5 Å². The van der Waals surface area contributed by atoms with E-state index < -0.39 is 5.60 Å². The molecule has 0 fully saturated rings. The number of hydrogen-bond acceptors (Lipinski definition) is 2. The molecule has 2 nitrogen and oxygen atoms in total. The molecule has 0 amide bonds. The van der Waals surface area contributed by atoms with Gasteiger partial charge in [-0.1, -0.05) is 54.0 Å². The fourth-order valence-corrected chi connectivity index (χ4v) is 2.28. The van der Waals surface area contributed by atoms with Gasteiger partial charge in [-0.25, -0.2) is 4.79 Å². The number of carbonyl (C=O) groups excluding carboxylic acids is 1. The van der Waals surface area contributed by atoms with Crippen LogP contribution in [0.5, 0.6) is 0 Å². The molecule has 0 aromatic carbocycles. The van der Waals surface area contributed by atoms with E-state index >= 15 is 0 Å². The van der Waals surface area contributed by atoms with E-state index in [0.717, 1.165) is 19.3 Å². The lowest BCUT2D eigenvalue weighted by Gasteiger charge is -2.47. The summed E-state index contributed by atoms with van der Waals surface area (Å²) < 4.78 is 5.66.